The Balaban J connectivity index is 1.38. The minimum absolute atomic E-state index is 0.0865. The van der Waals surface area contributed by atoms with E-state index in [2.05, 4.69) is 20.5 Å². The van der Waals surface area contributed by atoms with E-state index in [1.807, 2.05) is 18.2 Å². The van der Waals surface area contributed by atoms with E-state index in [1.54, 1.807) is 36.7 Å². The van der Waals surface area contributed by atoms with Gasteiger partial charge in [-0.05, 0) is 35.5 Å². The molecule has 0 bridgehead atoms. The fourth-order valence-electron chi connectivity index (χ4n) is 2.81. The molecule has 1 aliphatic heterocycles. The van der Waals surface area contributed by atoms with E-state index in [9.17, 15) is 14.4 Å². The van der Waals surface area contributed by atoms with Crippen molar-refractivity contribution in [3.05, 3.63) is 65.0 Å². The lowest BCUT2D eigenvalue weighted by molar-refractivity contribution is -0.122. The van der Waals surface area contributed by atoms with Gasteiger partial charge in [0.25, 0.3) is 17.1 Å². The van der Waals surface area contributed by atoms with Crippen LogP contribution in [0.1, 0.15) is 16.1 Å². The second-order valence-electron chi connectivity index (χ2n) is 5.99. The van der Waals surface area contributed by atoms with E-state index in [4.69, 9.17) is 0 Å². The number of pyridine rings is 1. The van der Waals surface area contributed by atoms with Gasteiger partial charge < -0.3 is 5.32 Å². The molecule has 1 aliphatic rings. The van der Waals surface area contributed by atoms with Crippen molar-refractivity contribution in [2.75, 3.05) is 13.1 Å². The Labute approximate surface area is 164 Å². The molecule has 0 atom stereocenters. The van der Waals surface area contributed by atoms with Crippen LogP contribution in [-0.4, -0.2) is 50.2 Å². The number of carbonyl (C=O) groups is 3. The maximum Gasteiger partial charge on any atom is 0.293 e. The fourth-order valence-corrected chi connectivity index (χ4v) is 3.67. The van der Waals surface area contributed by atoms with Gasteiger partial charge in [-0.25, -0.2) is 0 Å². The molecule has 0 radical (unpaired) electrons. The topological polar surface area (TPSA) is 108 Å². The Morgan fingerprint density at radius 1 is 1.21 bits per heavy atom. The zero-order chi connectivity index (χ0) is 19.5. The average Bonchev–Trinajstić information content (AvgIpc) is 3.25. The lowest BCUT2D eigenvalue weighted by Crippen LogP contribution is -2.37. The molecule has 3 amide bonds. The SMILES string of the molecule is O=C(NCCN1C(=O)S/C(=C\c2cccnc2)C1=O)c1n[nH]c2ccccc12. The van der Waals surface area contributed by atoms with Crippen LogP contribution in [0.2, 0.25) is 0 Å². The van der Waals surface area contributed by atoms with Crippen LogP contribution in [0.5, 0.6) is 0 Å². The largest absolute Gasteiger partial charge is 0.349 e. The fraction of sp³-hybridized carbons (Fsp3) is 0.105. The van der Waals surface area contributed by atoms with Gasteiger partial charge in [0.2, 0.25) is 0 Å². The molecule has 0 unspecified atom stereocenters. The number of benzene rings is 1. The van der Waals surface area contributed by atoms with E-state index in [-0.39, 0.29) is 35.8 Å². The number of amides is 3. The first-order chi connectivity index (χ1) is 13.6. The molecule has 0 aliphatic carbocycles. The summed E-state index contributed by atoms with van der Waals surface area (Å²) in [5.74, 6) is -0.742. The zero-order valence-corrected chi connectivity index (χ0v) is 15.4. The number of nitrogens with one attached hydrogen (secondary N) is 2. The normalized spacial score (nSPS) is 15.6. The number of imide groups is 1. The first kappa shape index (κ1) is 17.9. The quantitative estimate of drug-likeness (QED) is 0.645. The molecule has 1 fully saturated rings. The van der Waals surface area contributed by atoms with Crippen LogP contribution in [0.25, 0.3) is 17.0 Å². The molecular formula is C19H15N5O3S. The highest BCUT2D eigenvalue weighted by Gasteiger charge is 2.34. The van der Waals surface area contributed by atoms with Crippen molar-refractivity contribution >= 4 is 45.8 Å². The number of aromatic nitrogens is 3. The third-order valence-electron chi connectivity index (χ3n) is 4.16. The number of hydrogen-bond donors (Lipinski definition) is 2. The molecule has 0 saturated carbocycles. The number of aromatic amines is 1. The Bertz CT molecular complexity index is 1090. The Morgan fingerprint density at radius 2 is 2.07 bits per heavy atom. The number of thioether (sulfide) groups is 1. The highest BCUT2D eigenvalue weighted by Crippen LogP contribution is 2.31. The molecule has 3 heterocycles. The van der Waals surface area contributed by atoms with Gasteiger partial charge in [-0.3, -0.25) is 29.4 Å². The van der Waals surface area contributed by atoms with Crippen molar-refractivity contribution in [1.82, 2.24) is 25.4 Å². The van der Waals surface area contributed by atoms with E-state index in [0.717, 1.165) is 27.7 Å². The maximum absolute atomic E-state index is 12.5. The summed E-state index contributed by atoms with van der Waals surface area (Å²) in [5, 5.41) is 9.88. The van der Waals surface area contributed by atoms with Crippen LogP contribution < -0.4 is 5.32 Å². The summed E-state index contributed by atoms with van der Waals surface area (Å²) in [6, 6.07) is 10.9. The van der Waals surface area contributed by atoms with Crippen molar-refractivity contribution in [2.24, 2.45) is 0 Å². The number of rotatable bonds is 5. The van der Waals surface area contributed by atoms with Crippen molar-refractivity contribution in [3.8, 4) is 0 Å². The summed E-state index contributed by atoms with van der Waals surface area (Å²) in [5.41, 5.74) is 1.78. The van der Waals surface area contributed by atoms with Gasteiger partial charge >= 0.3 is 0 Å². The van der Waals surface area contributed by atoms with Gasteiger partial charge in [0.15, 0.2) is 5.69 Å². The van der Waals surface area contributed by atoms with Gasteiger partial charge in [0, 0.05) is 30.9 Å². The number of carbonyl (C=O) groups excluding carboxylic acids is 3. The summed E-state index contributed by atoms with van der Waals surface area (Å²) in [6.45, 7) is 0.224. The Morgan fingerprint density at radius 3 is 2.89 bits per heavy atom. The van der Waals surface area contributed by atoms with Gasteiger partial charge in [0.1, 0.15) is 0 Å². The van der Waals surface area contributed by atoms with Crippen LogP contribution in [0.4, 0.5) is 4.79 Å². The third kappa shape index (κ3) is 3.52. The van der Waals surface area contributed by atoms with Crippen LogP contribution >= 0.6 is 11.8 Å². The Hall–Kier alpha value is -3.46. The summed E-state index contributed by atoms with van der Waals surface area (Å²) >= 11 is 0.876. The number of fused-ring (bicyclic) bond motifs is 1. The maximum atomic E-state index is 12.5. The lowest BCUT2D eigenvalue weighted by atomic mass is 10.2. The molecule has 3 aromatic rings. The predicted octanol–water partition coefficient (Wildman–Crippen LogP) is 2.42. The zero-order valence-electron chi connectivity index (χ0n) is 14.6. The van der Waals surface area contributed by atoms with Crippen LogP contribution in [0.3, 0.4) is 0 Å². The molecule has 4 rings (SSSR count). The van der Waals surface area contributed by atoms with Gasteiger partial charge in [-0.2, -0.15) is 5.10 Å². The first-order valence-corrected chi connectivity index (χ1v) is 9.32. The highest BCUT2D eigenvalue weighted by molar-refractivity contribution is 8.18. The summed E-state index contributed by atoms with van der Waals surface area (Å²) in [7, 11) is 0. The van der Waals surface area contributed by atoms with E-state index in [0.29, 0.717) is 10.3 Å². The Kier molecular flexibility index (Phi) is 4.90. The molecule has 2 N–H and O–H groups in total. The van der Waals surface area contributed by atoms with Gasteiger partial charge in [0.05, 0.1) is 10.4 Å². The van der Waals surface area contributed by atoms with Crippen molar-refractivity contribution < 1.29 is 14.4 Å². The number of nitrogens with zero attached hydrogens (tertiary/aromatic N) is 3. The smallest absolute Gasteiger partial charge is 0.293 e. The predicted molar refractivity (Wildman–Crippen MR) is 105 cm³/mol. The number of para-hydroxylation sites is 1. The molecule has 0 spiro atoms. The second-order valence-corrected chi connectivity index (χ2v) is 6.99. The highest BCUT2D eigenvalue weighted by atomic mass is 32.2. The molecule has 28 heavy (non-hydrogen) atoms. The minimum Gasteiger partial charge on any atom is -0.349 e. The molecule has 9 heteroatoms. The van der Waals surface area contributed by atoms with Gasteiger partial charge in [-0.15, -0.1) is 0 Å². The molecule has 140 valence electrons. The number of hydrogen-bond acceptors (Lipinski definition) is 6. The molecular weight excluding hydrogens is 378 g/mol. The first-order valence-electron chi connectivity index (χ1n) is 8.50. The molecule has 1 aromatic carbocycles. The lowest BCUT2D eigenvalue weighted by Gasteiger charge is -2.12. The minimum atomic E-state index is -0.377. The summed E-state index contributed by atoms with van der Waals surface area (Å²) in [6.07, 6.45) is 4.88. The molecule has 1 saturated heterocycles. The van der Waals surface area contributed by atoms with Crippen molar-refractivity contribution in [3.63, 3.8) is 0 Å². The van der Waals surface area contributed by atoms with E-state index < -0.39 is 0 Å². The molecule has 8 nitrogen and oxygen atoms in total. The molecule has 2 aromatic heterocycles. The third-order valence-corrected chi connectivity index (χ3v) is 5.07. The van der Waals surface area contributed by atoms with Crippen LogP contribution in [-0.2, 0) is 4.79 Å². The number of H-pyrrole nitrogens is 1. The standard InChI is InChI=1S/C19H15N5O3S/c25-17(16-13-5-1-2-6-14(13)22-23-16)21-8-9-24-18(26)15(28-19(24)27)10-12-4-3-7-20-11-12/h1-7,10-11H,8-9H2,(H,21,25)(H,22,23)/b15-10-. The van der Waals surface area contributed by atoms with Crippen molar-refractivity contribution in [2.45, 2.75) is 0 Å². The summed E-state index contributed by atoms with van der Waals surface area (Å²) < 4.78 is 0. The second kappa shape index (κ2) is 7.65. The van der Waals surface area contributed by atoms with Crippen molar-refractivity contribution in [1.29, 1.82) is 0 Å². The monoisotopic (exact) mass is 393 g/mol. The van der Waals surface area contributed by atoms with Crippen LogP contribution in [0, 0.1) is 0 Å². The van der Waals surface area contributed by atoms with E-state index >= 15 is 0 Å². The van der Waals surface area contributed by atoms with Crippen LogP contribution in [0.15, 0.2) is 53.7 Å². The summed E-state index contributed by atoms with van der Waals surface area (Å²) in [4.78, 5) is 42.4. The average molecular weight is 393 g/mol. The van der Waals surface area contributed by atoms with E-state index in [1.165, 1.54) is 0 Å². The van der Waals surface area contributed by atoms with Gasteiger partial charge in [-0.1, -0.05) is 24.3 Å².